The molecule has 0 bridgehead atoms. The van der Waals surface area contributed by atoms with E-state index in [1.54, 1.807) is 9.80 Å². The smallest absolute Gasteiger partial charge is 0.320 e. The molecule has 2 fully saturated rings. The van der Waals surface area contributed by atoms with E-state index in [0.717, 1.165) is 5.56 Å². The van der Waals surface area contributed by atoms with E-state index in [1.807, 2.05) is 31.2 Å². The third-order valence-corrected chi connectivity index (χ3v) is 8.25. The summed E-state index contributed by atoms with van der Waals surface area (Å²) in [5.41, 5.74) is -0.124. The van der Waals surface area contributed by atoms with Crippen LogP contribution in [0.5, 0.6) is 11.5 Å². The van der Waals surface area contributed by atoms with E-state index in [2.05, 4.69) is 20.8 Å². The summed E-state index contributed by atoms with van der Waals surface area (Å²) in [7, 11) is 1.35. The van der Waals surface area contributed by atoms with Crippen LogP contribution in [0.25, 0.3) is 0 Å². The van der Waals surface area contributed by atoms with Crippen LogP contribution in [0.3, 0.4) is 0 Å². The third kappa shape index (κ3) is 5.00. The minimum atomic E-state index is -1.24. The topological polar surface area (TPSA) is 104 Å². The standard InChI is InChI=1S/C29H38N2O8/c1-18-29(27(34)35-5)15-20(13-25(32)30-8-10-36-11-9-30)26(33)31(23(29)14-24(39-18)28(2,3)4)16-19-6-7-21-22(12-19)38-17-37-21/h6-7,12,14,18,20,24H,8-11,13,15-17H2,1-5H3/t18-,20+,24-,29+/m1/s1. The molecule has 4 aliphatic rings. The number of methoxy groups -OCH3 is 1. The van der Waals surface area contributed by atoms with Crippen molar-refractivity contribution in [2.45, 2.75) is 59.3 Å². The van der Waals surface area contributed by atoms with E-state index in [1.165, 1.54) is 7.11 Å². The van der Waals surface area contributed by atoms with E-state index in [0.29, 0.717) is 43.5 Å². The molecule has 2 saturated heterocycles. The second kappa shape index (κ2) is 10.5. The normalized spacial score (nSPS) is 28.6. The SMILES string of the molecule is COC(=O)[C@]12C[C@H](CC(=O)N3CCOCC3)C(=O)N(Cc3ccc4c(c3)OCO4)C1=C[C@H](C(C)(C)C)O[C@@H]2C. The molecule has 5 rings (SSSR count). The molecule has 1 aromatic rings. The molecule has 4 aliphatic heterocycles. The Bertz CT molecular complexity index is 1170. The van der Waals surface area contributed by atoms with Gasteiger partial charge in [-0.25, -0.2) is 0 Å². The fourth-order valence-electron chi connectivity index (χ4n) is 5.98. The number of piperidine rings is 1. The molecule has 0 N–H and O–H groups in total. The van der Waals surface area contributed by atoms with E-state index < -0.39 is 23.4 Å². The number of amides is 2. The molecule has 0 unspecified atom stereocenters. The van der Waals surface area contributed by atoms with Gasteiger partial charge in [-0.3, -0.25) is 14.4 Å². The molecule has 212 valence electrons. The van der Waals surface area contributed by atoms with Crippen molar-refractivity contribution in [2.24, 2.45) is 16.7 Å². The number of likely N-dealkylation sites (tertiary alicyclic amines) is 1. The number of hydrogen-bond donors (Lipinski definition) is 0. The van der Waals surface area contributed by atoms with Crippen LogP contribution in [0.4, 0.5) is 0 Å². The number of fused-ring (bicyclic) bond motifs is 2. The lowest BCUT2D eigenvalue weighted by Gasteiger charge is -2.53. The maximum atomic E-state index is 14.2. The fraction of sp³-hybridized carbons (Fsp3) is 0.621. The van der Waals surface area contributed by atoms with Crippen LogP contribution in [-0.2, 0) is 35.1 Å². The molecule has 0 radical (unpaired) electrons. The average molecular weight is 543 g/mol. The van der Waals surface area contributed by atoms with Gasteiger partial charge in [-0.2, -0.15) is 0 Å². The highest BCUT2D eigenvalue weighted by atomic mass is 16.7. The van der Waals surface area contributed by atoms with Crippen molar-refractivity contribution in [2.75, 3.05) is 40.2 Å². The molecule has 10 heteroatoms. The Hall–Kier alpha value is -3.11. The van der Waals surface area contributed by atoms with Crippen LogP contribution in [0.2, 0.25) is 0 Å². The van der Waals surface area contributed by atoms with E-state index in [4.69, 9.17) is 23.7 Å². The van der Waals surface area contributed by atoms with Gasteiger partial charge in [0.05, 0.1) is 39.1 Å². The number of benzene rings is 1. The first-order valence-electron chi connectivity index (χ1n) is 13.6. The van der Waals surface area contributed by atoms with Crippen molar-refractivity contribution in [3.63, 3.8) is 0 Å². The van der Waals surface area contributed by atoms with Crippen molar-refractivity contribution in [1.82, 2.24) is 9.80 Å². The van der Waals surface area contributed by atoms with Crippen molar-refractivity contribution in [1.29, 1.82) is 0 Å². The third-order valence-electron chi connectivity index (χ3n) is 8.25. The van der Waals surface area contributed by atoms with Crippen molar-refractivity contribution in [3.05, 3.63) is 35.5 Å². The maximum absolute atomic E-state index is 14.2. The number of carbonyl (C=O) groups excluding carboxylic acids is 3. The average Bonchev–Trinajstić information content (AvgIpc) is 3.38. The number of morpholine rings is 1. The van der Waals surface area contributed by atoms with Crippen molar-refractivity contribution >= 4 is 17.8 Å². The number of rotatable bonds is 5. The molecule has 0 aliphatic carbocycles. The Morgan fingerprint density at radius 1 is 1.13 bits per heavy atom. The zero-order chi connectivity index (χ0) is 27.9. The number of hydrogen-bond acceptors (Lipinski definition) is 8. The molecule has 0 spiro atoms. The molecule has 4 atom stereocenters. The van der Waals surface area contributed by atoms with Gasteiger partial charge in [0.2, 0.25) is 18.6 Å². The number of esters is 1. The highest BCUT2D eigenvalue weighted by Gasteiger charge is 2.60. The summed E-state index contributed by atoms with van der Waals surface area (Å²) < 4.78 is 28.2. The lowest BCUT2D eigenvalue weighted by molar-refractivity contribution is -0.180. The lowest BCUT2D eigenvalue weighted by Crippen LogP contribution is -2.61. The first-order chi connectivity index (χ1) is 18.5. The van der Waals surface area contributed by atoms with Gasteiger partial charge in [0.1, 0.15) is 5.41 Å². The Balaban J connectivity index is 1.56. The summed E-state index contributed by atoms with van der Waals surface area (Å²) in [6.07, 6.45) is 1.12. The summed E-state index contributed by atoms with van der Waals surface area (Å²) in [6, 6.07) is 5.55. The monoisotopic (exact) mass is 542 g/mol. The molecule has 0 aromatic heterocycles. The molecule has 10 nitrogen and oxygen atoms in total. The molecular formula is C29H38N2O8. The zero-order valence-corrected chi connectivity index (χ0v) is 23.4. The molecule has 0 saturated carbocycles. The molecule has 39 heavy (non-hydrogen) atoms. The Kier molecular flexibility index (Phi) is 7.37. The molecule has 1 aromatic carbocycles. The van der Waals surface area contributed by atoms with Gasteiger partial charge < -0.3 is 33.5 Å². The summed E-state index contributed by atoms with van der Waals surface area (Å²) in [4.78, 5) is 44.5. The number of nitrogens with zero attached hydrogens (tertiary/aromatic N) is 2. The van der Waals surface area contributed by atoms with Gasteiger partial charge >= 0.3 is 5.97 Å². The van der Waals surface area contributed by atoms with Crippen LogP contribution in [0.1, 0.15) is 46.1 Å². The van der Waals surface area contributed by atoms with Crippen LogP contribution >= 0.6 is 0 Å². The van der Waals surface area contributed by atoms with Crippen molar-refractivity contribution < 1.29 is 38.1 Å². The van der Waals surface area contributed by atoms with Gasteiger partial charge in [-0.05, 0) is 42.5 Å². The molecule has 2 amide bonds. The summed E-state index contributed by atoms with van der Waals surface area (Å²) in [5, 5.41) is 0. The van der Waals surface area contributed by atoms with Gasteiger partial charge in [-0.1, -0.05) is 26.8 Å². The van der Waals surface area contributed by atoms with Gasteiger partial charge in [-0.15, -0.1) is 0 Å². The van der Waals surface area contributed by atoms with E-state index >= 15 is 0 Å². The predicted octanol–water partition coefficient (Wildman–Crippen LogP) is 2.89. The highest BCUT2D eigenvalue weighted by molar-refractivity contribution is 5.92. The van der Waals surface area contributed by atoms with E-state index in [-0.39, 0.29) is 49.5 Å². The summed E-state index contributed by atoms with van der Waals surface area (Å²) in [6.45, 7) is 10.3. The predicted molar refractivity (Wildman–Crippen MR) is 140 cm³/mol. The highest BCUT2D eigenvalue weighted by Crippen LogP contribution is 2.52. The summed E-state index contributed by atoms with van der Waals surface area (Å²) >= 11 is 0. The molecule has 4 heterocycles. The largest absolute Gasteiger partial charge is 0.468 e. The van der Waals surface area contributed by atoms with Crippen LogP contribution < -0.4 is 9.47 Å². The maximum Gasteiger partial charge on any atom is 0.320 e. The van der Waals surface area contributed by atoms with Gasteiger partial charge in [0, 0.05) is 31.1 Å². The first-order valence-corrected chi connectivity index (χ1v) is 13.6. The Labute approximate surface area is 229 Å². The van der Waals surface area contributed by atoms with Gasteiger partial charge in [0.25, 0.3) is 0 Å². The Morgan fingerprint density at radius 3 is 2.54 bits per heavy atom. The zero-order valence-electron chi connectivity index (χ0n) is 23.4. The number of ether oxygens (including phenoxy) is 5. The van der Waals surface area contributed by atoms with Crippen LogP contribution in [0.15, 0.2) is 30.0 Å². The Morgan fingerprint density at radius 2 is 1.85 bits per heavy atom. The van der Waals surface area contributed by atoms with Crippen LogP contribution in [0, 0.1) is 16.7 Å². The van der Waals surface area contributed by atoms with Crippen LogP contribution in [-0.4, -0.2) is 80.0 Å². The minimum Gasteiger partial charge on any atom is -0.468 e. The second-order valence-electron chi connectivity index (χ2n) is 11.8. The number of carbonyl (C=O) groups is 3. The molecular weight excluding hydrogens is 504 g/mol. The lowest BCUT2D eigenvalue weighted by atomic mass is 9.65. The van der Waals surface area contributed by atoms with Gasteiger partial charge in [0.15, 0.2) is 11.5 Å². The second-order valence-corrected chi connectivity index (χ2v) is 11.8. The fourth-order valence-corrected chi connectivity index (χ4v) is 5.98. The van der Waals surface area contributed by atoms with Crippen molar-refractivity contribution in [3.8, 4) is 11.5 Å². The van der Waals surface area contributed by atoms with E-state index in [9.17, 15) is 14.4 Å². The first kappa shape index (κ1) is 27.5. The quantitative estimate of drug-likeness (QED) is 0.524. The summed E-state index contributed by atoms with van der Waals surface area (Å²) in [5.74, 6) is -0.250. The minimum absolute atomic E-state index is 0.00207.